The number of aromatic nitrogens is 1. The average molecular weight is 652 g/mol. The van der Waals surface area contributed by atoms with Crippen molar-refractivity contribution in [3.63, 3.8) is 0 Å². The Kier molecular flexibility index (Phi) is 9.05. The zero-order valence-corrected chi connectivity index (χ0v) is 25.1. The van der Waals surface area contributed by atoms with Crippen molar-refractivity contribution in [2.45, 2.75) is 63.7 Å². The number of hydrogen-bond donors (Lipinski definition) is 0. The van der Waals surface area contributed by atoms with Crippen LogP contribution < -0.4 is 0 Å². The zero-order chi connectivity index (χ0) is 25.9. The Morgan fingerprint density at radius 3 is 2.51 bits per heavy atom. The summed E-state index contributed by atoms with van der Waals surface area (Å²) in [5, 5.41) is 0.770. The van der Waals surface area contributed by atoms with Crippen LogP contribution in [0.4, 0.5) is 0 Å². The summed E-state index contributed by atoms with van der Waals surface area (Å²) in [7, 11) is 0. The number of halogens is 3. The number of carbonyl (C=O) groups excluding carboxylic acids is 2. The van der Waals surface area contributed by atoms with Crippen LogP contribution in [-0.4, -0.2) is 59.7 Å². The summed E-state index contributed by atoms with van der Waals surface area (Å²) in [4.78, 5) is 33.0. The van der Waals surface area contributed by atoms with Gasteiger partial charge < -0.3 is 14.6 Å². The highest BCUT2D eigenvalue weighted by Gasteiger charge is 2.31. The van der Waals surface area contributed by atoms with E-state index in [2.05, 4.69) is 47.7 Å². The van der Waals surface area contributed by atoms with Gasteiger partial charge in [-0.25, -0.2) is 0 Å². The maximum atomic E-state index is 13.1. The first kappa shape index (κ1) is 27.3. The van der Waals surface area contributed by atoms with Crippen molar-refractivity contribution in [2.75, 3.05) is 32.7 Å². The molecule has 1 aliphatic carbocycles. The third-order valence-electron chi connectivity index (χ3n) is 8.50. The van der Waals surface area contributed by atoms with Crippen molar-refractivity contribution in [3.8, 4) is 0 Å². The standard InChI is InChI=1S/C29H34Br2ClN3O2/c30-25-16-22(32)15-21-2-3-23-27(17-24(21)25)33-18-26(31)29(23)20-6-11-35(12-7-20)28(37)14-19-4-9-34(10-5-19)8-1-13-36/h13,15-16,18-20H,1-12,14,17H2. The Morgan fingerprint density at radius 1 is 1.03 bits per heavy atom. The van der Waals surface area contributed by atoms with Crippen LogP contribution in [0.25, 0.3) is 0 Å². The number of pyridine rings is 1. The minimum absolute atomic E-state index is 0.314. The summed E-state index contributed by atoms with van der Waals surface area (Å²) in [5.74, 6) is 1.22. The van der Waals surface area contributed by atoms with Crippen LogP contribution in [0.3, 0.4) is 0 Å². The van der Waals surface area contributed by atoms with Crippen molar-refractivity contribution < 1.29 is 9.59 Å². The lowest BCUT2D eigenvalue weighted by Crippen LogP contribution is -2.41. The SMILES string of the molecule is O=CCCN1CCC(CC(=O)N2CCC(c3c(Br)cnc4c3CCc3cc(Cl)cc(Br)c3C4)CC2)CC1. The summed E-state index contributed by atoms with van der Waals surface area (Å²) in [6.07, 6.45) is 11.1. The quantitative estimate of drug-likeness (QED) is 0.342. The topological polar surface area (TPSA) is 53.5 Å². The fraction of sp³-hybridized carbons (Fsp3) is 0.552. The summed E-state index contributed by atoms with van der Waals surface area (Å²) >= 11 is 13.9. The lowest BCUT2D eigenvalue weighted by Gasteiger charge is -2.36. The van der Waals surface area contributed by atoms with Gasteiger partial charge in [0.1, 0.15) is 6.29 Å². The molecule has 1 amide bonds. The Bertz CT molecular complexity index is 1160. The Hall–Kier alpha value is -1.28. The van der Waals surface area contributed by atoms with Gasteiger partial charge in [-0.05, 0) is 114 Å². The molecule has 5 nitrogen and oxygen atoms in total. The minimum Gasteiger partial charge on any atom is -0.343 e. The second-order valence-corrected chi connectivity index (χ2v) is 12.9. The third kappa shape index (κ3) is 6.32. The molecule has 0 spiro atoms. The van der Waals surface area contributed by atoms with Crippen LogP contribution in [-0.2, 0) is 28.9 Å². The lowest BCUT2D eigenvalue weighted by molar-refractivity contribution is -0.133. The number of piperidine rings is 2. The predicted octanol–water partition coefficient (Wildman–Crippen LogP) is 6.35. The number of benzene rings is 1. The van der Waals surface area contributed by atoms with E-state index < -0.39 is 0 Å². The van der Waals surface area contributed by atoms with Gasteiger partial charge >= 0.3 is 0 Å². The van der Waals surface area contributed by atoms with E-state index in [1.54, 1.807) is 0 Å². The normalized spacial score (nSPS) is 19.3. The molecule has 0 atom stereocenters. The van der Waals surface area contributed by atoms with E-state index in [0.717, 1.165) is 104 Å². The molecule has 2 aliphatic heterocycles. The number of nitrogens with zero attached hydrogens (tertiary/aromatic N) is 3. The fourth-order valence-electron chi connectivity index (χ4n) is 6.40. The molecule has 3 aliphatic rings. The minimum atomic E-state index is 0.314. The largest absolute Gasteiger partial charge is 0.343 e. The maximum Gasteiger partial charge on any atom is 0.222 e. The summed E-state index contributed by atoms with van der Waals surface area (Å²) in [6.45, 7) is 4.51. The molecule has 198 valence electrons. The molecule has 8 heteroatoms. The van der Waals surface area contributed by atoms with E-state index in [0.29, 0.717) is 30.6 Å². The van der Waals surface area contributed by atoms with E-state index >= 15 is 0 Å². The highest BCUT2D eigenvalue weighted by Crippen LogP contribution is 2.40. The number of rotatable bonds is 6. The van der Waals surface area contributed by atoms with Gasteiger partial charge in [0.05, 0.1) is 0 Å². The highest BCUT2D eigenvalue weighted by atomic mass is 79.9. The number of amides is 1. The van der Waals surface area contributed by atoms with Crippen molar-refractivity contribution in [1.29, 1.82) is 0 Å². The van der Waals surface area contributed by atoms with Gasteiger partial charge in [0, 0.05) is 64.8 Å². The number of likely N-dealkylation sites (tertiary alicyclic amines) is 2. The smallest absolute Gasteiger partial charge is 0.222 e. The molecular formula is C29H34Br2ClN3O2. The molecule has 0 saturated carbocycles. The molecule has 1 aromatic carbocycles. The maximum absolute atomic E-state index is 13.1. The van der Waals surface area contributed by atoms with E-state index in [-0.39, 0.29) is 0 Å². The monoisotopic (exact) mass is 649 g/mol. The number of fused-ring (bicyclic) bond motifs is 2. The molecule has 3 heterocycles. The number of carbonyl (C=O) groups is 2. The van der Waals surface area contributed by atoms with Gasteiger partial charge in [0.15, 0.2) is 0 Å². The van der Waals surface area contributed by atoms with Crippen LogP contribution in [0, 0.1) is 5.92 Å². The van der Waals surface area contributed by atoms with E-state index in [1.807, 2.05) is 12.3 Å². The van der Waals surface area contributed by atoms with Gasteiger partial charge in [0.25, 0.3) is 0 Å². The Labute approximate surface area is 241 Å². The summed E-state index contributed by atoms with van der Waals surface area (Å²) < 4.78 is 2.16. The zero-order valence-electron chi connectivity index (χ0n) is 21.2. The molecule has 1 aromatic heterocycles. The molecule has 0 bridgehead atoms. The van der Waals surface area contributed by atoms with Gasteiger partial charge in [-0.3, -0.25) is 9.78 Å². The predicted molar refractivity (Wildman–Crippen MR) is 154 cm³/mol. The summed E-state index contributed by atoms with van der Waals surface area (Å²) in [6, 6.07) is 4.08. The van der Waals surface area contributed by atoms with E-state index in [4.69, 9.17) is 16.6 Å². The van der Waals surface area contributed by atoms with Crippen LogP contribution >= 0.6 is 43.5 Å². The van der Waals surface area contributed by atoms with Crippen molar-refractivity contribution >= 4 is 55.7 Å². The third-order valence-corrected chi connectivity index (χ3v) is 10.1. The first-order valence-corrected chi connectivity index (χ1v) is 15.5. The fourth-order valence-corrected chi connectivity index (χ4v) is 8.08. The second-order valence-electron chi connectivity index (χ2n) is 10.7. The molecule has 2 saturated heterocycles. The number of aryl methyl sites for hydroxylation is 1. The first-order chi connectivity index (χ1) is 17.9. The molecule has 5 rings (SSSR count). The van der Waals surface area contributed by atoms with Crippen molar-refractivity contribution in [3.05, 3.63) is 60.2 Å². The van der Waals surface area contributed by atoms with Crippen LogP contribution in [0.5, 0.6) is 0 Å². The highest BCUT2D eigenvalue weighted by molar-refractivity contribution is 9.10. The average Bonchev–Trinajstić information content (AvgIpc) is 3.08. The van der Waals surface area contributed by atoms with Gasteiger partial charge in [0.2, 0.25) is 5.91 Å². The summed E-state index contributed by atoms with van der Waals surface area (Å²) in [5.41, 5.74) is 6.53. The molecule has 0 N–H and O–H groups in total. The van der Waals surface area contributed by atoms with Crippen molar-refractivity contribution in [2.24, 2.45) is 5.92 Å². The molecule has 2 fully saturated rings. The lowest BCUT2D eigenvalue weighted by atomic mass is 9.84. The second kappa shape index (κ2) is 12.3. The molecular weight excluding hydrogens is 618 g/mol. The van der Waals surface area contributed by atoms with Crippen LogP contribution in [0.1, 0.15) is 72.4 Å². The van der Waals surface area contributed by atoms with Gasteiger partial charge in [-0.1, -0.05) is 27.5 Å². The van der Waals surface area contributed by atoms with Crippen molar-refractivity contribution in [1.82, 2.24) is 14.8 Å². The first-order valence-electron chi connectivity index (χ1n) is 13.5. The van der Waals surface area contributed by atoms with E-state index in [9.17, 15) is 9.59 Å². The molecule has 37 heavy (non-hydrogen) atoms. The van der Waals surface area contributed by atoms with Crippen LogP contribution in [0.2, 0.25) is 5.02 Å². The van der Waals surface area contributed by atoms with Gasteiger partial charge in [-0.15, -0.1) is 0 Å². The van der Waals surface area contributed by atoms with Gasteiger partial charge in [-0.2, -0.15) is 0 Å². The number of aldehydes is 1. The Balaban J connectivity index is 1.21. The molecule has 2 aromatic rings. The number of hydrogen-bond acceptors (Lipinski definition) is 4. The molecule has 0 radical (unpaired) electrons. The van der Waals surface area contributed by atoms with E-state index in [1.165, 1.54) is 22.3 Å². The van der Waals surface area contributed by atoms with Crippen LogP contribution in [0.15, 0.2) is 27.3 Å². The Morgan fingerprint density at radius 2 is 1.78 bits per heavy atom. The molecule has 0 unspecified atom stereocenters.